The van der Waals surface area contributed by atoms with E-state index in [1.54, 1.807) is 0 Å². The number of carbonyl (C=O) groups excluding carboxylic acids is 1. The minimum Gasteiger partial charge on any atom is -0.456 e. The summed E-state index contributed by atoms with van der Waals surface area (Å²) in [5.74, 6) is 0.811. The molecule has 0 saturated carbocycles. The molecule has 0 unspecified atom stereocenters. The summed E-state index contributed by atoms with van der Waals surface area (Å²) < 4.78 is 5.95. The predicted octanol–water partition coefficient (Wildman–Crippen LogP) is 4.53. The molecule has 0 aliphatic carbocycles. The van der Waals surface area contributed by atoms with Gasteiger partial charge in [0.25, 0.3) is 0 Å². The third-order valence-corrected chi connectivity index (χ3v) is 3.40. The van der Waals surface area contributed by atoms with E-state index in [1.165, 1.54) is 0 Å². The second-order valence-corrected chi connectivity index (χ2v) is 4.80. The highest BCUT2D eigenvalue weighted by atomic mass is 16.3. The number of fused-ring (bicyclic) bond motifs is 1. The predicted molar refractivity (Wildman–Crippen MR) is 76.5 cm³/mol. The van der Waals surface area contributed by atoms with Crippen LogP contribution in [0.1, 0.15) is 21.5 Å². The zero-order valence-electron chi connectivity index (χ0n) is 10.9. The van der Waals surface area contributed by atoms with Gasteiger partial charge in [0.2, 0.25) is 0 Å². The number of furan rings is 1. The fraction of sp³-hybridized carbons (Fsp3) is 0.118. The number of rotatable bonds is 2. The van der Waals surface area contributed by atoms with E-state index in [4.69, 9.17) is 4.42 Å². The lowest BCUT2D eigenvalue weighted by molar-refractivity contribution is 0.112. The van der Waals surface area contributed by atoms with Crippen LogP contribution in [0, 0.1) is 13.8 Å². The summed E-state index contributed by atoms with van der Waals surface area (Å²) in [5.41, 5.74) is 4.77. The van der Waals surface area contributed by atoms with Gasteiger partial charge in [-0.05, 0) is 37.1 Å². The smallest absolute Gasteiger partial charge is 0.150 e. The Kier molecular flexibility index (Phi) is 2.71. The van der Waals surface area contributed by atoms with Crippen LogP contribution in [0.5, 0.6) is 0 Å². The van der Waals surface area contributed by atoms with Crippen molar-refractivity contribution >= 4 is 17.3 Å². The molecule has 0 fully saturated rings. The van der Waals surface area contributed by atoms with Crippen LogP contribution in [0.2, 0.25) is 0 Å². The topological polar surface area (TPSA) is 30.2 Å². The summed E-state index contributed by atoms with van der Waals surface area (Å²) in [7, 11) is 0. The molecule has 3 rings (SSSR count). The van der Waals surface area contributed by atoms with E-state index in [1.807, 2.05) is 56.3 Å². The number of carbonyl (C=O) groups is 1. The Balaban J connectivity index is 2.24. The molecule has 94 valence electrons. The molecule has 0 saturated heterocycles. The number of aryl methyl sites for hydroxylation is 2. The highest BCUT2D eigenvalue weighted by Gasteiger charge is 2.10. The van der Waals surface area contributed by atoms with E-state index < -0.39 is 0 Å². The largest absolute Gasteiger partial charge is 0.456 e. The molecule has 1 heterocycles. The lowest BCUT2D eigenvalue weighted by atomic mass is 10.0. The average molecular weight is 250 g/mol. The van der Waals surface area contributed by atoms with Gasteiger partial charge in [0.15, 0.2) is 0 Å². The van der Waals surface area contributed by atoms with Gasteiger partial charge in [-0.3, -0.25) is 4.79 Å². The van der Waals surface area contributed by atoms with Gasteiger partial charge in [0, 0.05) is 16.5 Å². The molecule has 0 amide bonds. The fourth-order valence-corrected chi connectivity index (χ4v) is 2.32. The van der Waals surface area contributed by atoms with Gasteiger partial charge in [0.05, 0.1) is 0 Å². The Bertz CT molecular complexity index is 766. The zero-order chi connectivity index (χ0) is 13.4. The molecule has 3 aromatic rings. The van der Waals surface area contributed by atoms with Crippen molar-refractivity contribution in [3.63, 3.8) is 0 Å². The van der Waals surface area contributed by atoms with Crippen LogP contribution in [0.3, 0.4) is 0 Å². The van der Waals surface area contributed by atoms with Gasteiger partial charge in [-0.2, -0.15) is 0 Å². The first kappa shape index (κ1) is 11.7. The minimum atomic E-state index is 0.665. The van der Waals surface area contributed by atoms with Crippen LogP contribution < -0.4 is 0 Å². The highest BCUT2D eigenvalue weighted by Crippen LogP contribution is 2.31. The van der Waals surface area contributed by atoms with Gasteiger partial charge in [-0.25, -0.2) is 0 Å². The Hall–Kier alpha value is -2.35. The standard InChI is InChI=1S/C17H14O2/c1-11-6-7-13(10-18)8-15(11)16-9-14-5-3-4-12(2)17(14)19-16/h3-10H,1-2H3. The third kappa shape index (κ3) is 1.95. The van der Waals surface area contributed by atoms with Crippen molar-refractivity contribution in [1.29, 1.82) is 0 Å². The Morgan fingerprint density at radius 1 is 1.00 bits per heavy atom. The number of para-hydroxylation sites is 1. The number of hydrogen-bond acceptors (Lipinski definition) is 2. The van der Waals surface area contributed by atoms with Crippen molar-refractivity contribution in [2.45, 2.75) is 13.8 Å². The number of aldehydes is 1. The van der Waals surface area contributed by atoms with Crippen LogP contribution in [-0.4, -0.2) is 6.29 Å². The molecule has 19 heavy (non-hydrogen) atoms. The molecular weight excluding hydrogens is 236 g/mol. The maximum absolute atomic E-state index is 10.9. The minimum absolute atomic E-state index is 0.665. The zero-order valence-corrected chi connectivity index (χ0v) is 10.9. The van der Waals surface area contributed by atoms with Crippen molar-refractivity contribution in [2.75, 3.05) is 0 Å². The molecule has 0 aliphatic heterocycles. The SMILES string of the molecule is Cc1ccc(C=O)cc1-c1cc2cccc(C)c2o1. The van der Waals surface area contributed by atoms with E-state index >= 15 is 0 Å². The Morgan fingerprint density at radius 2 is 1.84 bits per heavy atom. The maximum atomic E-state index is 10.9. The van der Waals surface area contributed by atoms with Crippen molar-refractivity contribution in [1.82, 2.24) is 0 Å². The van der Waals surface area contributed by atoms with Gasteiger partial charge in [0.1, 0.15) is 17.6 Å². The van der Waals surface area contributed by atoms with Crippen LogP contribution >= 0.6 is 0 Å². The number of hydrogen-bond donors (Lipinski definition) is 0. The van der Waals surface area contributed by atoms with Crippen LogP contribution in [-0.2, 0) is 0 Å². The molecule has 0 spiro atoms. The van der Waals surface area contributed by atoms with E-state index in [0.717, 1.165) is 39.7 Å². The van der Waals surface area contributed by atoms with Gasteiger partial charge in [-0.15, -0.1) is 0 Å². The Labute approximate surface area is 111 Å². The molecule has 1 aromatic heterocycles. The molecular formula is C17H14O2. The van der Waals surface area contributed by atoms with E-state index in [-0.39, 0.29) is 0 Å². The van der Waals surface area contributed by atoms with Crippen molar-refractivity contribution in [3.05, 3.63) is 59.2 Å². The van der Waals surface area contributed by atoms with Crippen LogP contribution in [0.25, 0.3) is 22.3 Å². The van der Waals surface area contributed by atoms with E-state index in [0.29, 0.717) is 5.56 Å². The maximum Gasteiger partial charge on any atom is 0.150 e. The molecule has 0 atom stereocenters. The lowest BCUT2D eigenvalue weighted by Gasteiger charge is -2.03. The molecule has 0 bridgehead atoms. The van der Waals surface area contributed by atoms with Crippen molar-refractivity contribution in [3.8, 4) is 11.3 Å². The number of benzene rings is 2. The fourth-order valence-electron chi connectivity index (χ4n) is 2.32. The van der Waals surface area contributed by atoms with Crippen LogP contribution in [0.4, 0.5) is 0 Å². The summed E-state index contributed by atoms with van der Waals surface area (Å²) in [6.45, 7) is 4.05. The highest BCUT2D eigenvalue weighted by molar-refractivity contribution is 5.87. The molecule has 2 nitrogen and oxygen atoms in total. The average Bonchev–Trinajstić information content (AvgIpc) is 2.84. The van der Waals surface area contributed by atoms with Gasteiger partial charge < -0.3 is 4.42 Å². The first-order valence-corrected chi connectivity index (χ1v) is 6.24. The van der Waals surface area contributed by atoms with E-state index in [2.05, 4.69) is 0 Å². The normalized spacial score (nSPS) is 10.8. The molecule has 0 radical (unpaired) electrons. The summed E-state index contributed by atoms with van der Waals surface area (Å²) in [4.78, 5) is 10.9. The molecule has 2 aromatic carbocycles. The van der Waals surface area contributed by atoms with Gasteiger partial charge in [-0.1, -0.05) is 30.3 Å². The van der Waals surface area contributed by atoms with E-state index in [9.17, 15) is 4.79 Å². The monoisotopic (exact) mass is 250 g/mol. The quantitative estimate of drug-likeness (QED) is 0.625. The summed E-state index contributed by atoms with van der Waals surface area (Å²) in [6, 6.07) is 13.7. The third-order valence-electron chi connectivity index (χ3n) is 3.40. The van der Waals surface area contributed by atoms with Crippen molar-refractivity contribution in [2.24, 2.45) is 0 Å². The Morgan fingerprint density at radius 3 is 2.58 bits per heavy atom. The second-order valence-electron chi connectivity index (χ2n) is 4.80. The molecule has 0 N–H and O–H groups in total. The van der Waals surface area contributed by atoms with Crippen LogP contribution in [0.15, 0.2) is 46.9 Å². The lowest BCUT2D eigenvalue weighted by Crippen LogP contribution is -1.85. The summed E-state index contributed by atoms with van der Waals surface area (Å²) in [6.07, 6.45) is 0.858. The first-order chi connectivity index (χ1) is 9.19. The summed E-state index contributed by atoms with van der Waals surface area (Å²) >= 11 is 0. The summed E-state index contributed by atoms with van der Waals surface area (Å²) in [5, 5.41) is 1.09. The van der Waals surface area contributed by atoms with Gasteiger partial charge >= 0.3 is 0 Å². The second kappa shape index (κ2) is 4.39. The molecule has 2 heteroatoms. The first-order valence-electron chi connectivity index (χ1n) is 6.24. The van der Waals surface area contributed by atoms with Crippen molar-refractivity contribution < 1.29 is 9.21 Å². The molecule has 0 aliphatic rings.